The molecule has 140 valence electrons. The Morgan fingerprint density at radius 2 is 2.00 bits per heavy atom. The SMILES string of the molecule is COCCOCOc1c(Cl)cc(Br)cc1C=N[C@H](CO)c1ccccc1. The van der Waals surface area contributed by atoms with Crippen LogP contribution in [-0.2, 0) is 9.47 Å². The second-order valence-electron chi connectivity index (χ2n) is 5.36. The zero-order chi connectivity index (χ0) is 18.8. The summed E-state index contributed by atoms with van der Waals surface area (Å²) in [7, 11) is 1.61. The van der Waals surface area contributed by atoms with E-state index in [2.05, 4.69) is 20.9 Å². The molecule has 5 nitrogen and oxygen atoms in total. The van der Waals surface area contributed by atoms with Crippen molar-refractivity contribution in [2.24, 2.45) is 4.99 Å². The molecule has 0 aliphatic carbocycles. The van der Waals surface area contributed by atoms with Gasteiger partial charge in [0, 0.05) is 23.4 Å². The summed E-state index contributed by atoms with van der Waals surface area (Å²) >= 11 is 9.71. The molecule has 7 heteroatoms. The molecule has 0 bridgehead atoms. The summed E-state index contributed by atoms with van der Waals surface area (Å²) in [5, 5.41) is 10.1. The Morgan fingerprint density at radius 1 is 1.23 bits per heavy atom. The number of hydrogen-bond donors (Lipinski definition) is 1. The van der Waals surface area contributed by atoms with Crippen molar-refractivity contribution in [2.75, 3.05) is 33.7 Å². The van der Waals surface area contributed by atoms with E-state index in [1.165, 1.54) is 0 Å². The number of ether oxygens (including phenoxy) is 3. The highest BCUT2D eigenvalue weighted by Gasteiger charge is 2.12. The van der Waals surface area contributed by atoms with Gasteiger partial charge in [0.2, 0.25) is 0 Å². The third-order valence-corrected chi connectivity index (χ3v) is 4.24. The molecule has 0 aliphatic heterocycles. The Balaban J connectivity index is 2.16. The first kappa shape index (κ1) is 20.9. The Morgan fingerprint density at radius 3 is 2.69 bits per heavy atom. The van der Waals surface area contributed by atoms with E-state index in [0.29, 0.717) is 29.5 Å². The van der Waals surface area contributed by atoms with Gasteiger partial charge in [0.25, 0.3) is 0 Å². The molecule has 0 spiro atoms. The number of methoxy groups -OCH3 is 1. The quantitative estimate of drug-likeness (QED) is 0.339. The highest BCUT2D eigenvalue weighted by atomic mass is 79.9. The normalized spacial score (nSPS) is 12.5. The van der Waals surface area contributed by atoms with Gasteiger partial charge < -0.3 is 19.3 Å². The maximum absolute atomic E-state index is 9.65. The molecule has 0 amide bonds. The topological polar surface area (TPSA) is 60.3 Å². The van der Waals surface area contributed by atoms with Crippen molar-refractivity contribution in [3.8, 4) is 5.75 Å². The Hall–Kier alpha value is -1.44. The minimum Gasteiger partial charge on any atom is -0.465 e. The van der Waals surface area contributed by atoms with Crippen LogP contribution in [-0.4, -0.2) is 45.0 Å². The van der Waals surface area contributed by atoms with Crippen molar-refractivity contribution < 1.29 is 19.3 Å². The monoisotopic (exact) mass is 441 g/mol. The van der Waals surface area contributed by atoms with Gasteiger partial charge in [-0.15, -0.1) is 0 Å². The van der Waals surface area contributed by atoms with Gasteiger partial charge in [-0.2, -0.15) is 0 Å². The minimum atomic E-state index is -0.361. The first-order valence-electron chi connectivity index (χ1n) is 8.03. The average molecular weight is 443 g/mol. The molecular weight excluding hydrogens is 422 g/mol. The second-order valence-corrected chi connectivity index (χ2v) is 6.68. The highest BCUT2D eigenvalue weighted by molar-refractivity contribution is 9.10. The van der Waals surface area contributed by atoms with Crippen LogP contribution in [0, 0.1) is 0 Å². The van der Waals surface area contributed by atoms with E-state index in [1.54, 1.807) is 19.4 Å². The van der Waals surface area contributed by atoms with E-state index in [9.17, 15) is 5.11 Å². The zero-order valence-corrected chi connectivity index (χ0v) is 16.7. The molecule has 1 N–H and O–H groups in total. The molecule has 1 atom stereocenters. The number of nitrogens with zero attached hydrogens (tertiary/aromatic N) is 1. The minimum absolute atomic E-state index is 0.0493. The summed E-state index contributed by atoms with van der Waals surface area (Å²) in [6.45, 7) is 0.863. The molecule has 26 heavy (non-hydrogen) atoms. The van der Waals surface area contributed by atoms with Gasteiger partial charge in [-0.1, -0.05) is 57.9 Å². The van der Waals surface area contributed by atoms with E-state index in [0.717, 1.165) is 10.0 Å². The molecule has 0 saturated carbocycles. The highest BCUT2D eigenvalue weighted by Crippen LogP contribution is 2.32. The number of aliphatic hydroxyl groups excluding tert-OH is 1. The van der Waals surface area contributed by atoms with Crippen molar-refractivity contribution in [2.45, 2.75) is 6.04 Å². The first-order valence-corrected chi connectivity index (χ1v) is 9.20. The smallest absolute Gasteiger partial charge is 0.189 e. The average Bonchev–Trinajstić information content (AvgIpc) is 2.64. The summed E-state index contributed by atoms with van der Waals surface area (Å²) in [6, 6.07) is 12.8. The van der Waals surface area contributed by atoms with Gasteiger partial charge in [-0.3, -0.25) is 4.99 Å². The lowest BCUT2D eigenvalue weighted by molar-refractivity contribution is -0.00849. The van der Waals surface area contributed by atoms with Crippen molar-refractivity contribution in [3.63, 3.8) is 0 Å². The molecule has 2 aromatic carbocycles. The number of hydrogen-bond acceptors (Lipinski definition) is 5. The summed E-state index contributed by atoms with van der Waals surface area (Å²) in [5.74, 6) is 0.473. The van der Waals surface area contributed by atoms with Crippen LogP contribution in [0.25, 0.3) is 0 Å². The second kappa shape index (κ2) is 11.3. The van der Waals surface area contributed by atoms with Crippen LogP contribution in [0.15, 0.2) is 51.9 Å². The van der Waals surface area contributed by atoms with Gasteiger partial charge in [0.15, 0.2) is 6.79 Å². The summed E-state index contributed by atoms with van der Waals surface area (Å²) < 4.78 is 16.7. The molecule has 0 radical (unpaired) electrons. The number of aliphatic hydroxyl groups is 1. The maximum Gasteiger partial charge on any atom is 0.189 e. The molecule has 0 unspecified atom stereocenters. The fourth-order valence-corrected chi connectivity index (χ4v) is 3.10. The van der Waals surface area contributed by atoms with Crippen molar-refractivity contribution >= 4 is 33.7 Å². The number of rotatable bonds is 10. The summed E-state index contributed by atoms with van der Waals surface area (Å²) in [6.07, 6.45) is 1.65. The van der Waals surface area contributed by atoms with Crippen LogP contribution >= 0.6 is 27.5 Å². The Labute approximate surface area is 166 Å². The number of halogens is 2. The molecular formula is C19H21BrClNO4. The van der Waals surface area contributed by atoms with E-state index in [4.69, 9.17) is 25.8 Å². The predicted molar refractivity (Wildman–Crippen MR) is 106 cm³/mol. The molecule has 0 fully saturated rings. The van der Waals surface area contributed by atoms with Crippen molar-refractivity contribution in [3.05, 3.63) is 63.1 Å². The lowest BCUT2D eigenvalue weighted by atomic mass is 10.1. The molecule has 0 aliphatic rings. The van der Waals surface area contributed by atoms with Crippen LogP contribution in [0.1, 0.15) is 17.2 Å². The van der Waals surface area contributed by atoms with Crippen LogP contribution in [0.5, 0.6) is 5.75 Å². The lowest BCUT2D eigenvalue weighted by Crippen LogP contribution is -2.09. The fraction of sp³-hybridized carbons (Fsp3) is 0.316. The van der Waals surface area contributed by atoms with Crippen molar-refractivity contribution in [1.29, 1.82) is 0 Å². The van der Waals surface area contributed by atoms with Crippen LogP contribution in [0.2, 0.25) is 5.02 Å². The van der Waals surface area contributed by atoms with Crippen LogP contribution < -0.4 is 4.74 Å². The summed E-state index contributed by atoms with van der Waals surface area (Å²) in [4.78, 5) is 4.49. The van der Waals surface area contributed by atoms with Crippen LogP contribution in [0.3, 0.4) is 0 Å². The maximum atomic E-state index is 9.65. The van der Waals surface area contributed by atoms with Gasteiger partial charge in [-0.05, 0) is 17.7 Å². The predicted octanol–water partition coefficient (Wildman–Crippen LogP) is 4.25. The molecule has 0 heterocycles. The molecule has 2 rings (SSSR count). The van der Waals surface area contributed by atoms with Crippen LogP contribution in [0.4, 0.5) is 0 Å². The van der Waals surface area contributed by atoms with E-state index < -0.39 is 0 Å². The van der Waals surface area contributed by atoms with E-state index in [-0.39, 0.29) is 19.4 Å². The standard InChI is InChI=1S/C19H21BrClNO4/c1-24-7-8-25-13-26-19-15(9-16(20)10-17(19)21)11-22-18(12-23)14-5-3-2-4-6-14/h2-6,9-11,18,23H,7-8,12-13H2,1H3/t18-/m1/s1. The van der Waals surface area contributed by atoms with Gasteiger partial charge in [0.1, 0.15) is 5.75 Å². The van der Waals surface area contributed by atoms with Crippen molar-refractivity contribution in [1.82, 2.24) is 0 Å². The number of aliphatic imine (C=N–C) groups is 1. The van der Waals surface area contributed by atoms with Gasteiger partial charge >= 0.3 is 0 Å². The Bertz CT molecular complexity index is 712. The van der Waals surface area contributed by atoms with E-state index >= 15 is 0 Å². The molecule has 2 aromatic rings. The number of benzene rings is 2. The summed E-state index contributed by atoms with van der Waals surface area (Å²) in [5.41, 5.74) is 1.62. The first-order chi connectivity index (χ1) is 12.7. The molecule has 0 aromatic heterocycles. The van der Waals surface area contributed by atoms with Gasteiger partial charge in [-0.25, -0.2) is 0 Å². The zero-order valence-electron chi connectivity index (χ0n) is 14.4. The largest absolute Gasteiger partial charge is 0.465 e. The fourth-order valence-electron chi connectivity index (χ4n) is 2.21. The lowest BCUT2D eigenvalue weighted by Gasteiger charge is -2.13. The third-order valence-electron chi connectivity index (χ3n) is 3.51. The molecule has 0 saturated heterocycles. The van der Waals surface area contributed by atoms with Gasteiger partial charge in [0.05, 0.1) is 30.9 Å². The Kier molecular flexibility index (Phi) is 9.08. The third kappa shape index (κ3) is 6.37. The van der Waals surface area contributed by atoms with E-state index in [1.807, 2.05) is 36.4 Å².